The molecule has 0 aromatic rings. The van der Waals surface area contributed by atoms with Gasteiger partial charge in [0.2, 0.25) is 0 Å². The fourth-order valence-corrected chi connectivity index (χ4v) is 6.04. The molecular formula is C40H77NO6. The molecule has 0 spiro atoms. The van der Waals surface area contributed by atoms with E-state index >= 15 is 0 Å². The minimum absolute atomic E-state index is 0.269. The van der Waals surface area contributed by atoms with Crippen molar-refractivity contribution in [2.45, 2.75) is 232 Å². The second-order valence-electron chi connectivity index (χ2n) is 14.5. The quantitative estimate of drug-likeness (QED) is 0.0283. The van der Waals surface area contributed by atoms with Crippen LogP contribution in [0.5, 0.6) is 0 Å². The van der Waals surface area contributed by atoms with Crippen LogP contribution >= 0.6 is 0 Å². The third-order valence-electron chi connectivity index (χ3n) is 9.50. The third kappa shape index (κ3) is 31.4. The molecule has 0 aromatic carbocycles. The van der Waals surface area contributed by atoms with Crippen molar-refractivity contribution in [2.24, 2.45) is 0 Å². The highest BCUT2D eigenvalue weighted by atomic mass is 16.6. The van der Waals surface area contributed by atoms with E-state index in [0.29, 0.717) is 0 Å². The molecule has 0 aliphatic heterocycles. The van der Waals surface area contributed by atoms with Gasteiger partial charge in [-0.3, -0.25) is 19.7 Å². The Kier molecular flexibility index (Phi) is 33.0. The lowest BCUT2D eigenvalue weighted by molar-refractivity contribution is -0.571. The lowest BCUT2D eigenvalue weighted by Gasteiger charge is -2.20. The SMILES string of the molecule is CCCCCCCCCCCCCCCCCC(=O)OCC(C)(COC(=O)CCCCCCCCCCCCCCCCC)[N+](=O)[O-]. The van der Waals surface area contributed by atoms with Gasteiger partial charge in [0, 0.05) is 24.7 Å². The Morgan fingerprint density at radius 3 is 0.872 bits per heavy atom. The minimum atomic E-state index is -1.63. The summed E-state index contributed by atoms with van der Waals surface area (Å²) in [7, 11) is 0. The first-order chi connectivity index (χ1) is 22.9. The number of rotatable bonds is 37. The van der Waals surface area contributed by atoms with Crippen molar-refractivity contribution in [3.05, 3.63) is 10.1 Å². The van der Waals surface area contributed by atoms with Gasteiger partial charge in [0.05, 0.1) is 0 Å². The van der Waals surface area contributed by atoms with Crippen LogP contribution in [-0.2, 0) is 19.1 Å². The van der Waals surface area contributed by atoms with E-state index in [1.54, 1.807) is 0 Å². The molecule has 7 heteroatoms. The van der Waals surface area contributed by atoms with E-state index in [2.05, 4.69) is 13.8 Å². The molecule has 0 N–H and O–H groups in total. The Labute approximate surface area is 290 Å². The van der Waals surface area contributed by atoms with Gasteiger partial charge < -0.3 is 9.47 Å². The zero-order valence-electron chi connectivity index (χ0n) is 31.4. The third-order valence-corrected chi connectivity index (χ3v) is 9.50. The van der Waals surface area contributed by atoms with E-state index in [4.69, 9.17) is 9.47 Å². The molecule has 0 radical (unpaired) electrons. The van der Waals surface area contributed by atoms with Crippen LogP contribution in [-0.4, -0.2) is 35.6 Å². The maximum Gasteiger partial charge on any atom is 0.306 e. The topological polar surface area (TPSA) is 95.7 Å². The summed E-state index contributed by atoms with van der Waals surface area (Å²) in [5.74, 6) is -0.839. The van der Waals surface area contributed by atoms with Crippen LogP contribution in [0.25, 0.3) is 0 Å². The first-order valence-electron chi connectivity index (χ1n) is 20.3. The van der Waals surface area contributed by atoms with Crippen molar-refractivity contribution in [3.63, 3.8) is 0 Å². The largest absolute Gasteiger partial charge is 0.458 e. The lowest BCUT2D eigenvalue weighted by atomic mass is 10.0. The molecule has 47 heavy (non-hydrogen) atoms. The summed E-state index contributed by atoms with van der Waals surface area (Å²) in [5, 5.41) is 11.7. The molecule has 0 aliphatic carbocycles. The molecule has 7 nitrogen and oxygen atoms in total. The highest BCUT2D eigenvalue weighted by Gasteiger charge is 2.40. The number of hydrogen-bond acceptors (Lipinski definition) is 6. The number of nitro groups is 1. The van der Waals surface area contributed by atoms with Crippen LogP contribution in [0, 0.1) is 10.1 Å². The number of carbonyl (C=O) groups excluding carboxylic acids is 2. The van der Waals surface area contributed by atoms with Crippen LogP contribution in [0.3, 0.4) is 0 Å². The normalized spacial score (nSPS) is 11.6. The van der Waals surface area contributed by atoms with Gasteiger partial charge in [-0.25, -0.2) is 0 Å². The number of nitrogens with zero attached hydrogens (tertiary/aromatic N) is 1. The molecule has 0 aliphatic rings. The molecule has 0 bridgehead atoms. The lowest BCUT2D eigenvalue weighted by Crippen LogP contribution is -2.45. The van der Waals surface area contributed by atoms with E-state index in [1.165, 1.54) is 161 Å². The summed E-state index contributed by atoms with van der Waals surface area (Å²) in [6.45, 7) is 5.12. The molecule has 0 unspecified atom stereocenters. The van der Waals surface area contributed by atoms with Crippen molar-refractivity contribution in [1.82, 2.24) is 0 Å². The van der Waals surface area contributed by atoms with Gasteiger partial charge in [-0.2, -0.15) is 0 Å². The highest BCUT2D eigenvalue weighted by molar-refractivity contribution is 5.69. The van der Waals surface area contributed by atoms with E-state index < -0.39 is 22.4 Å². The standard InChI is InChI=1S/C40H77NO6/c1-4-6-8-10-12-14-16-18-20-22-24-26-28-30-32-34-38(42)46-36-40(3,41(44)45)37-47-39(43)35-33-31-29-27-25-23-21-19-17-15-13-11-9-7-5-2/h4-37H2,1-3H3. The van der Waals surface area contributed by atoms with Gasteiger partial charge >= 0.3 is 11.9 Å². The molecule has 0 saturated carbocycles. The summed E-state index contributed by atoms with van der Waals surface area (Å²) in [6, 6.07) is 0. The molecule has 0 fully saturated rings. The van der Waals surface area contributed by atoms with Crippen LogP contribution in [0.1, 0.15) is 226 Å². The van der Waals surface area contributed by atoms with Crippen molar-refractivity contribution < 1.29 is 24.0 Å². The maximum absolute atomic E-state index is 12.2. The molecule has 278 valence electrons. The fraction of sp³-hybridized carbons (Fsp3) is 0.950. The smallest absolute Gasteiger partial charge is 0.306 e. The molecule has 0 saturated heterocycles. The minimum Gasteiger partial charge on any atom is -0.458 e. The molecule has 0 heterocycles. The van der Waals surface area contributed by atoms with Crippen molar-refractivity contribution >= 4 is 11.9 Å². The van der Waals surface area contributed by atoms with Gasteiger partial charge in [0.15, 0.2) is 13.2 Å². The predicted molar refractivity (Wildman–Crippen MR) is 196 cm³/mol. The van der Waals surface area contributed by atoms with Crippen LogP contribution in [0.15, 0.2) is 0 Å². The number of esters is 2. The molecule has 0 amide bonds. The van der Waals surface area contributed by atoms with Crippen LogP contribution in [0.2, 0.25) is 0 Å². The maximum atomic E-state index is 12.2. The fourth-order valence-electron chi connectivity index (χ4n) is 6.04. The Balaban J connectivity index is 3.73. The number of hydrogen-bond donors (Lipinski definition) is 0. The second kappa shape index (κ2) is 34.2. The highest BCUT2D eigenvalue weighted by Crippen LogP contribution is 2.17. The van der Waals surface area contributed by atoms with E-state index in [0.717, 1.165) is 38.5 Å². The van der Waals surface area contributed by atoms with E-state index in [9.17, 15) is 19.7 Å². The van der Waals surface area contributed by atoms with Gasteiger partial charge in [0.25, 0.3) is 5.54 Å². The molecular weight excluding hydrogens is 590 g/mol. The van der Waals surface area contributed by atoms with Crippen LogP contribution in [0.4, 0.5) is 0 Å². The number of unbranched alkanes of at least 4 members (excludes halogenated alkanes) is 28. The second-order valence-corrected chi connectivity index (χ2v) is 14.5. The number of ether oxygens (including phenoxy) is 2. The van der Waals surface area contributed by atoms with Crippen molar-refractivity contribution in [3.8, 4) is 0 Å². The zero-order valence-corrected chi connectivity index (χ0v) is 31.4. The molecule has 0 aromatic heterocycles. The summed E-state index contributed by atoms with van der Waals surface area (Å²) in [4.78, 5) is 35.6. The van der Waals surface area contributed by atoms with E-state index in [1.807, 2.05) is 0 Å². The molecule has 0 rings (SSSR count). The van der Waals surface area contributed by atoms with Crippen LogP contribution < -0.4 is 0 Å². The van der Waals surface area contributed by atoms with Gasteiger partial charge in [-0.05, 0) is 12.8 Å². The van der Waals surface area contributed by atoms with Gasteiger partial charge in [-0.1, -0.05) is 194 Å². The van der Waals surface area contributed by atoms with Gasteiger partial charge in [-0.15, -0.1) is 0 Å². The van der Waals surface area contributed by atoms with E-state index in [-0.39, 0.29) is 26.1 Å². The Morgan fingerprint density at radius 2 is 0.660 bits per heavy atom. The first kappa shape index (κ1) is 45.3. The monoisotopic (exact) mass is 668 g/mol. The van der Waals surface area contributed by atoms with Crippen molar-refractivity contribution in [2.75, 3.05) is 13.2 Å². The average Bonchev–Trinajstić information content (AvgIpc) is 3.06. The summed E-state index contributed by atoms with van der Waals surface area (Å²) in [5.41, 5.74) is -1.63. The molecule has 0 atom stereocenters. The average molecular weight is 668 g/mol. The Hall–Kier alpha value is -1.66. The first-order valence-corrected chi connectivity index (χ1v) is 20.3. The van der Waals surface area contributed by atoms with Crippen molar-refractivity contribution in [1.29, 1.82) is 0 Å². The number of carbonyl (C=O) groups is 2. The Bertz CT molecular complexity index is 678. The zero-order chi connectivity index (χ0) is 34.7. The predicted octanol–water partition coefficient (Wildman–Crippen LogP) is 12.6. The summed E-state index contributed by atoms with van der Waals surface area (Å²) < 4.78 is 10.5. The summed E-state index contributed by atoms with van der Waals surface area (Å²) in [6.07, 6.45) is 38.2. The Morgan fingerprint density at radius 1 is 0.447 bits per heavy atom. The van der Waals surface area contributed by atoms with Gasteiger partial charge in [0.1, 0.15) is 0 Å². The summed E-state index contributed by atoms with van der Waals surface area (Å²) >= 11 is 0.